The van der Waals surface area contributed by atoms with Gasteiger partial charge in [-0.15, -0.1) is 0 Å². The lowest BCUT2D eigenvalue weighted by atomic mass is 10.0. The highest BCUT2D eigenvalue weighted by molar-refractivity contribution is 9.10. The molecule has 0 bridgehead atoms. The van der Waals surface area contributed by atoms with Crippen LogP contribution in [-0.4, -0.2) is 46.5 Å². The van der Waals surface area contributed by atoms with Gasteiger partial charge in [0.25, 0.3) is 5.91 Å². The van der Waals surface area contributed by atoms with Crippen LogP contribution in [0.2, 0.25) is 0 Å². The van der Waals surface area contributed by atoms with E-state index in [4.69, 9.17) is 4.74 Å². The number of fused-ring (bicyclic) bond motifs is 1. The molecule has 0 saturated carbocycles. The van der Waals surface area contributed by atoms with Gasteiger partial charge in [0.1, 0.15) is 5.60 Å². The first-order valence-corrected chi connectivity index (χ1v) is 8.50. The van der Waals surface area contributed by atoms with Gasteiger partial charge < -0.3 is 14.5 Å². The third-order valence-electron chi connectivity index (χ3n) is 4.11. The number of hydrogen-bond donors (Lipinski definition) is 0. The molecule has 126 valence electrons. The topological polar surface area (TPSA) is 73.6 Å². The van der Waals surface area contributed by atoms with Crippen molar-refractivity contribution in [2.75, 3.05) is 13.1 Å². The molecular weight excluding hydrogens is 374 g/mol. The van der Waals surface area contributed by atoms with Crippen molar-refractivity contribution in [1.82, 2.24) is 9.80 Å². The number of benzene rings is 1. The summed E-state index contributed by atoms with van der Waals surface area (Å²) in [6.45, 7) is 6.80. The molecule has 0 spiro atoms. The molecule has 1 fully saturated rings. The predicted octanol–water partition coefficient (Wildman–Crippen LogP) is 2.90. The number of likely N-dealkylation sites (tertiary alicyclic amines) is 1. The number of hydrogen-bond acceptors (Lipinski definition) is 4. The highest BCUT2D eigenvalue weighted by Crippen LogP contribution is 2.32. The maximum absolute atomic E-state index is 12.6. The van der Waals surface area contributed by atoms with Crippen molar-refractivity contribution in [3.8, 4) is 6.07 Å². The lowest BCUT2D eigenvalue weighted by Gasteiger charge is -2.43. The maximum atomic E-state index is 12.6. The fourth-order valence-corrected chi connectivity index (χ4v) is 3.38. The monoisotopic (exact) mass is 391 g/mol. The molecule has 0 aromatic heterocycles. The quantitative estimate of drug-likeness (QED) is 0.737. The van der Waals surface area contributed by atoms with Crippen LogP contribution in [0.1, 0.15) is 42.3 Å². The van der Waals surface area contributed by atoms with Crippen molar-refractivity contribution in [1.29, 1.82) is 5.26 Å². The Hall–Kier alpha value is -2.07. The Kier molecular flexibility index (Phi) is 4.04. The van der Waals surface area contributed by atoms with E-state index in [1.165, 1.54) is 0 Å². The maximum Gasteiger partial charge on any atom is 0.410 e. The minimum atomic E-state index is -0.532. The zero-order valence-electron chi connectivity index (χ0n) is 13.8. The summed E-state index contributed by atoms with van der Waals surface area (Å²) in [5, 5.41) is 9.26. The van der Waals surface area contributed by atoms with Crippen LogP contribution in [0, 0.1) is 11.3 Å². The number of carbonyl (C=O) groups is 2. The van der Waals surface area contributed by atoms with E-state index in [-0.39, 0.29) is 18.0 Å². The molecule has 0 unspecified atom stereocenters. The van der Waals surface area contributed by atoms with Crippen LogP contribution in [0.5, 0.6) is 0 Å². The summed E-state index contributed by atoms with van der Waals surface area (Å²) in [6.07, 6.45) is -0.358. The van der Waals surface area contributed by atoms with E-state index in [2.05, 4.69) is 22.0 Å². The molecule has 2 heterocycles. The second-order valence-electron chi connectivity index (χ2n) is 7.06. The summed E-state index contributed by atoms with van der Waals surface area (Å²) in [6, 6.07) is 5.58. The van der Waals surface area contributed by atoms with Crippen LogP contribution < -0.4 is 0 Å². The Balaban J connectivity index is 1.69. The summed E-state index contributed by atoms with van der Waals surface area (Å²) >= 11 is 3.34. The van der Waals surface area contributed by atoms with Crippen LogP contribution in [-0.2, 0) is 11.3 Å². The van der Waals surface area contributed by atoms with Gasteiger partial charge >= 0.3 is 6.09 Å². The van der Waals surface area contributed by atoms with Crippen molar-refractivity contribution in [2.45, 2.75) is 39.0 Å². The number of carbonyl (C=O) groups excluding carboxylic acids is 2. The molecule has 1 aromatic carbocycles. The molecule has 24 heavy (non-hydrogen) atoms. The van der Waals surface area contributed by atoms with Gasteiger partial charge in [-0.2, -0.15) is 5.26 Å². The highest BCUT2D eigenvalue weighted by Gasteiger charge is 2.42. The third-order valence-corrected chi connectivity index (χ3v) is 4.57. The molecule has 6 nitrogen and oxygen atoms in total. The zero-order chi connectivity index (χ0) is 17.6. The van der Waals surface area contributed by atoms with Crippen LogP contribution in [0.3, 0.4) is 0 Å². The van der Waals surface area contributed by atoms with Crippen LogP contribution in [0.25, 0.3) is 0 Å². The highest BCUT2D eigenvalue weighted by atomic mass is 79.9. The van der Waals surface area contributed by atoms with Crippen molar-refractivity contribution in [3.63, 3.8) is 0 Å². The number of halogens is 1. The Morgan fingerprint density at radius 2 is 2.04 bits per heavy atom. The van der Waals surface area contributed by atoms with E-state index in [1.54, 1.807) is 21.9 Å². The fourth-order valence-electron chi connectivity index (χ4n) is 2.92. The zero-order valence-corrected chi connectivity index (χ0v) is 15.4. The minimum absolute atomic E-state index is 0.0391. The van der Waals surface area contributed by atoms with Gasteiger partial charge in [0.05, 0.1) is 17.7 Å². The second-order valence-corrected chi connectivity index (χ2v) is 7.98. The summed E-state index contributed by atoms with van der Waals surface area (Å²) in [5.74, 6) is -0.0864. The minimum Gasteiger partial charge on any atom is -0.444 e. The lowest BCUT2D eigenvalue weighted by molar-refractivity contribution is -0.0125. The van der Waals surface area contributed by atoms with Gasteiger partial charge in [0.15, 0.2) is 0 Å². The summed E-state index contributed by atoms with van der Waals surface area (Å²) in [4.78, 5) is 27.9. The Bertz CT molecular complexity index is 758. The van der Waals surface area contributed by atoms with Crippen LogP contribution in [0.4, 0.5) is 4.79 Å². The Labute approximate surface area is 149 Å². The molecule has 7 heteroatoms. The number of nitriles is 1. The number of amides is 2. The summed E-state index contributed by atoms with van der Waals surface area (Å²) < 4.78 is 6.05. The van der Waals surface area contributed by atoms with Gasteiger partial charge in [0.2, 0.25) is 0 Å². The van der Waals surface area contributed by atoms with Gasteiger partial charge in [0, 0.05) is 35.2 Å². The molecule has 0 radical (unpaired) electrons. The standard InChI is InChI=1S/C17H18BrN3O3/c1-17(2,3)24-16(23)20-7-12(8-20)21-9-14-10(6-19)4-11(18)5-13(14)15(21)22/h4-5,12H,7-9H2,1-3H3. The lowest BCUT2D eigenvalue weighted by Crippen LogP contribution is -2.61. The third kappa shape index (κ3) is 2.98. The van der Waals surface area contributed by atoms with E-state index >= 15 is 0 Å². The molecule has 2 amide bonds. The van der Waals surface area contributed by atoms with E-state index in [0.717, 1.165) is 10.0 Å². The number of ether oxygens (including phenoxy) is 1. The van der Waals surface area contributed by atoms with Crippen molar-refractivity contribution < 1.29 is 14.3 Å². The van der Waals surface area contributed by atoms with Gasteiger partial charge in [-0.1, -0.05) is 15.9 Å². The summed E-state index contributed by atoms with van der Waals surface area (Å²) in [7, 11) is 0. The van der Waals surface area contributed by atoms with Gasteiger partial charge in [-0.25, -0.2) is 4.79 Å². The molecule has 2 aliphatic heterocycles. The van der Waals surface area contributed by atoms with E-state index in [0.29, 0.717) is 30.8 Å². The van der Waals surface area contributed by atoms with Gasteiger partial charge in [-0.3, -0.25) is 4.79 Å². The smallest absolute Gasteiger partial charge is 0.410 e. The average molecular weight is 392 g/mol. The Morgan fingerprint density at radius 3 is 2.62 bits per heavy atom. The molecule has 0 N–H and O–H groups in total. The molecule has 2 aliphatic rings. The second kappa shape index (κ2) is 5.78. The first-order chi connectivity index (χ1) is 11.2. The SMILES string of the molecule is CC(C)(C)OC(=O)N1CC(N2Cc3c(C#N)cc(Br)cc3C2=O)C1. The van der Waals surface area contributed by atoms with Gasteiger partial charge in [-0.05, 0) is 32.9 Å². The molecule has 1 aromatic rings. The average Bonchev–Trinajstić information content (AvgIpc) is 2.72. The van der Waals surface area contributed by atoms with E-state index in [9.17, 15) is 14.9 Å². The van der Waals surface area contributed by atoms with E-state index in [1.807, 2.05) is 20.8 Å². The van der Waals surface area contributed by atoms with Crippen molar-refractivity contribution in [3.05, 3.63) is 33.3 Å². The summed E-state index contributed by atoms with van der Waals surface area (Å²) in [5.41, 5.74) is 1.31. The molecule has 3 rings (SSSR count). The first-order valence-electron chi connectivity index (χ1n) is 7.71. The van der Waals surface area contributed by atoms with Crippen LogP contribution in [0.15, 0.2) is 16.6 Å². The normalized spacial score (nSPS) is 17.4. The Morgan fingerprint density at radius 1 is 1.38 bits per heavy atom. The first kappa shape index (κ1) is 16.8. The number of rotatable bonds is 1. The van der Waals surface area contributed by atoms with Crippen LogP contribution >= 0.6 is 15.9 Å². The predicted molar refractivity (Wildman–Crippen MR) is 90.3 cm³/mol. The fraction of sp³-hybridized carbons (Fsp3) is 0.471. The van der Waals surface area contributed by atoms with E-state index < -0.39 is 5.60 Å². The van der Waals surface area contributed by atoms with Crippen molar-refractivity contribution >= 4 is 27.9 Å². The largest absolute Gasteiger partial charge is 0.444 e. The van der Waals surface area contributed by atoms with Crippen molar-refractivity contribution in [2.24, 2.45) is 0 Å². The molecular formula is C17H18BrN3O3. The number of nitrogens with zero attached hydrogens (tertiary/aromatic N) is 3. The molecule has 0 atom stereocenters. The molecule has 0 aliphatic carbocycles. The molecule has 1 saturated heterocycles.